The molecule has 2 saturated carbocycles. The molecule has 30 heavy (non-hydrogen) atoms. The summed E-state index contributed by atoms with van der Waals surface area (Å²) in [7, 11) is 0. The number of benzene rings is 1. The fourth-order valence-electron chi connectivity index (χ4n) is 6.08. The highest BCUT2D eigenvalue weighted by molar-refractivity contribution is 5.91. The minimum Gasteiger partial charge on any atom is -0.458 e. The van der Waals surface area contributed by atoms with Gasteiger partial charge in [0.1, 0.15) is 12.4 Å². The molecule has 0 saturated heterocycles. The summed E-state index contributed by atoms with van der Waals surface area (Å²) < 4.78 is 5.24. The van der Waals surface area contributed by atoms with Gasteiger partial charge in [-0.05, 0) is 54.6 Å². The highest BCUT2D eigenvalue weighted by atomic mass is 16.5. The Labute approximate surface area is 179 Å². The smallest absolute Gasteiger partial charge is 0.335 e. The SMILES string of the molecule is C=C1CCC2[C@@H](C)C(=O)CC[C@]2(C)[C@@H]1CC(NCc1ccccc1)C1=CCOC1=O. The maximum atomic E-state index is 12.4. The summed E-state index contributed by atoms with van der Waals surface area (Å²) in [5.74, 6) is 0.995. The van der Waals surface area contributed by atoms with Crippen molar-refractivity contribution in [2.24, 2.45) is 23.2 Å². The molecule has 1 aliphatic heterocycles. The number of carbonyl (C=O) groups is 2. The van der Waals surface area contributed by atoms with Crippen molar-refractivity contribution >= 4 is 11.8 Å². The second-order valence-electron chi connectivity index (χ2n) is 9.53. The van der Waals surface area contributed by atoms with Crippen LogP contribution in [-0.2, 0) is 20.9 Å². The summed E-state index contributed by atoms with van der Waals surface area (Å²) in [4.78, 5) is 24.8. The molecule has 160 valence electrons. The molecule has 3 aliphatic rings. The molecule has 4 rings (SSSR count). The molecule has 0 aromatic heterocycles. The zero-order valence-corrected chi connectivity index (χ0v) is 18.2. The van der Waals surface area contributed by atoms with Crippen LogP contribution in [0.25, 0.3) is 0 Å². The molecule has 2 fully saturated rings. The molecule has 0 spiro atoms. The van der Waals surface area contributed by atoms with Gasteiger partial charge in [-0.25, -0.2) is 4.79 Å². The molecule has 1 aromatic rings. The predicted molar refractivity (Wildman–Crippen MR) is 118 cm³/mol. The monoisotopic (exact) mass is 407 g/mol. The van der Waals surface area contributed by atoms with E-state index in [1.807, 2.05) is 24.3 Å². The van der Waals surface area contributed by atoms with Gasteiger partial charge in [0.05, 0.1) is 5.57 Å². The molecule has 2 unspecified atom stereocenters. The molecule has 2 aliphatic carbocycles. The summed E-state index contributed by atoms with van der Waals surface area (Å²) in [5, 5.41) is 3.63. The second kappa shape index (κ2) is 8.50. The second-order valence-corrected chi connectivity index (χ2v) is 9.53. The van der Waals surface area contributed by atoms with Crippen molar-refractivity contribution in [1.82, 2.24) is 5.32 Å². The van der Waals surface area contributed by atoms with E-state index in [-0.39, 0.29) is 29.3 Å². The molecule has 0 bridgehead atoms. The molecule has 4 nitrogen and oxygen atoms in total. The van der Waals surface area contributed by atoms with Gasteiger partial charge in [0.2, 0.25) is 0 Å². The quantitative estimate of drug-likeness (QED) is 0.553. The van der Waals surface area contributed by atoms with E-state index >= 15 is 0 Å². The minimum atomic E-state index is -0.212. The summed E-state index contributed by atoms with van der Waals surface area (Å²) >= 11 is 0. The molecule has 1 N–H and O–H groups in total. The Kier molecular flexibility index (Phi) is 5.97. The molecular formula is C26H33NO3. The Morgan fingerprint density at radius 3 is 2.70 bits per heavy atom. The van der Waals surface area contributed by atoms with Gasteiger partial charge < -0.3 is 10.1 Å². The average molecular weight is 408 g/mol. The number of hydrogen-bond donors (Lipinski definition) is 1. The number of fused-ring (bicyclic) bond motifs is 1. The Bertz CT molecular complexity index is 858. The van der Waals surface area contributed by atoms with Crippen molar-refractivity contribution in [2.45, 2.75) is 58.5 Å². The largest absolute Gasteiger partial charge is 0.458 e. The molecule has 1 heterocycles. The van der Waals surface area contributed by atoms with Crippen molar-refractivity contribution in [3.05, 3.63) is 59.7 Å². The van der Waals surface area contributed by atoms with Gasteiger partial charge in [0.25, 0.3) is 0 Å². The van der Waals surface area contributed by atoms with E-state index in [9.17, 15) is 9.59 Å². The first-order valence-corrected chi connectivity index (χ1v) is 11.2. The number of allylic oxidation sites excluding steroid dienone is 1. The number of Topliss-reactive ketones (excluding diaryl/α,β-unsaturated/α-hetero) is 1. The number of rotatable bonds is 6. The van der Waals surface area contributed by atoms with Crippen molar-refractivity contribution in [3.8, 4) is 0 Å². The van der Waals surface area contributed by atoms with E-state index in [1.165, 1.54) is 11.1 Å². The van der Waals surface area contributed by atoms with Crippen LogP contribution >= 0.6 is 0 Å². The van der Waals surface area contributed by atoms with Gasteiger partial charge >= 0.3 is 5.97 Å². The summed E-state index contributed by atoms with van der Waals surface area (Å²) in [6, 6.07) is 10.2. The number of nitrogens with one attached hydrogen (secondary N) is 1. The third-order valence-corrected chi connectivity index (χ3v) is 7.93. The van der Waals surface area contributed by atoms with Crippen LogP contribution in [0.15, 0.2) is 54.1 Å². The number of hydrogen-bond acceptors (Lipinski definition) is 4. The third kappa shape index (κ3) is 3.90. The average Bonchev–Trinajstić information content (AvgIpc) is 3.17. The third-order valence-electron chi connectivity index (χ3n) is 7.93. The van der Waals surface area contributed by atoms with E-state index in [4.69, 9.17) is 4.74 Å². The molecule has 1 aromatic carbocycles. The van der Waals surface area contributed by atoms with Crippen molar-refractivity contribution in [2.75, 3.05) is 6.61 Å². The van der Waals surface area contributed by atoms with Crippen LogP contribution in [0, 0.1) is 23.2 Å². The lowest BCUT2D eigenvalue weighted by Gasteiger charge is -2.54. The first kappa shape index (κ1) is 21.0. The zero-order chi connectivity index (χ0) is 21.3. The van der Waals surface area contributed by atoms with Gasteiger partial charge in [-0.15, -0.1) is 0 Å². The van der Waals surface area contributed by atoms with Crippen LogP contribution in [0.2, 0.25) is 0 Å². The van der Waals surface area contributed by atoms with Crippen LogP contribution in [0.5, 0.6) is 0 Å². The summed E-state index contributed by atoms with van der Waals surface area (Å²) in [6.07, 6.45) is 6.33. The highest BCUT2D eigenvalue weighted by Crippen LogP contribution is 2.57. The first-order valence-electron chi connectivity index (χ1n) is 11.2. The van der Waals surface area contributed by atoms with E-state index in [1.54, 1.807) is 0 Å². The summed E-state index contributed by atoms with van der Waals surface area (Å²) in [6.45, 7) is 9.96. The van der Waals surface area contributed by atoms with Crippen molar-refractivity contribution in [1.29, 1.82) is 0 Å². The lowest BCUT2D eigenvalue weighted by atomic mass is 9.50. The summed E-state index contributed by atoms with van der Waals surface area (Å²) in [5.41, 5.74) is 3.26. The standard InChI is InChI=1S/C26H33NO3/c1-17-9-10-21-18(2)24(28)11-13-26(21,3)22(17)15-23(20-12-14-30-25(20)29)27-16-19-7-5-4-6-8-19/h4-8,12,18,21-23,27H,1,9-11,13-16H2,2-3H3/t18-,21?,22-,23?,26+/m1/s1. The van der Waals surface area contributed by atoms with Crippen LogP contribution in [-0.4, -0.2) is 24.4 Å². The number of ether oxygens (including phenoxy) is 1. The van der Waals surface area contributed by atoms with E-state index in [0.717, 1.165) is 31.3 Å². The minimum absolute atomic E-state index is 0.0540. The van der Waals surface area contributed by atoms with Crippen LogP contribution in [0.4, 0.5) is 0 Å². The zero-order valence-electron chi connectivity index (χ0n) is 18.2. The lowest BCUT2D eigenvalue weighted by Crippen LogP contribution is -2.50. The van der Waals surface area contributed by atoms with E-state index in [2.05, 4.69) is 37.9 Å². The van der Waals surface area contributed by atoms with Gasteiger partial charge in [0, 0.05) is 24.9 Å². The fourth-order valence-corrected chi connectivity index (χ4v) is 6.08. The van der Waals surface area contributed by atoms with Crippen LogP contribution in [0.3, 0.4) is 0 Å². The maximum Gasteiger partial charge on any atom is 0.335 e. The van der Waals surface area contributed by atoms with E-state index < -0.39 is 0 Å². The molecule has 0 amide bonds. The van der Waals surface area contributed by atoms with Crippen molar-refractivity contribution < 1.29 is 14.3 Å². The molecule has 5 atom stereocenters. The van der Waals surface area contributed by atoms with Crippen LogP contribution in [0.1, 0.15) is 51.5 Å². The molecular weight excluding hydrogens is 374 g/mol. The Morgan fingerprint density at radius 1 is 1.23 bits per heavy atom. The fraction of sp³-hybridized carbons (Fsp3) is 0.538. The Hall–Kier alpha value is -2.20. The van der Waals surface area contributed by atoms with Gasteiger partial charge in [-0.1, -0.05) is 56.3 Å². The number of cyclic esters (lactones) is 1. The number of carbonyl (C=O) groups excluding carboxylic acids is 2. The Morgan fingerprint density at radius 2 is 2.00 bits per heavy atom. The topological polar surface area (TPSA) is 55.4 Å². The Balaban J connectivity index is 1.58. The normalized spacial score (nSPS) is 32.4. The predicted octanol–water partition coefficient (Wildman–Crippen LogP) is 4.61. The van der Waals surface area contributed by atoms with E-state index in [0.29, 0.717) is 31.3 Å². The highest BCUT2D eigenvalue weighted by Gasteiger charge is 2.51. The number of ketones is 1. The molecule has 4 heteroatoms. The first-order chi connectivity index (χ1) is 14.4. The lowest BCUT2D eigenvalue weighted by molar-refractivity contribution is -0.136. The van der Waals surface area contributed by atoms with Gasteiger partial charge in [0.15, 0.2) is 0 Å². The number of esters is 1. The van der Waals surface area contributed by atoms with Crippen molar-refractivity contribution in [3.63, 3.8) is 0 Å². The maximum absolute atomic E-state index is 12.4. The van der Waals surface area contributed by atoms with Crippen LogP contribution < -0.4 is 5.32 Å². The van der Waals surface area contributed by atoms with Gasteiger partial charge in [-0.2, -0.15) is 0 Å². The van der Waals surface area contributed by atoms with Gasteiger partial charge in [-0.3, -0.25) is 4.79 Å². The molecule has 0 radical (unpaired) electrons.